The number of imide groups is 2. The zero-order valence-corrected chi connectivity index (χ0v) is 26.7. The van der Waals surface area contributed by atoms with E-state index in [1.165, 1.54) is 18.2 Å². The smallest absolute Gasteiger partial charge is 0.258 e. The number of ether oxygens (including phenoxy) is 1. The number of rotatable bonds is 5. The van der Waals surface area contributed by atoms with Crippen molar-refractivity contribution in [1.29, 1.82) is 0 Å². The molecule has 0 radical (unpaired) electrons. The molecule has 3 aromatic rings. The summed E-state index contributed by atoms with van der Waals surface area (Å²) in [7, 11) is 0. The maximum atomic E-state index is 15.2. The van der Waals surface area contributed by atoms with Gasteiger partial charge in [0.25, 0.3) is 11.8 Å². The molecule has 49 heavy (non-hydrogen) atoms. The summed E-state index contributed by atoms with van der Waals surface area (Å²) in [5.74, 6) is -22.3. The number of carbonyl (C=O) groups excluding carboxylic acids is 4. The molecule has 2 heterocycles. The first-order chi connectivity index (χ1) is 23.2. The van der Waals surface area contributed by atoms with Gasteiger partial charge in [-0.05, 0) is 43.9 Å². The van der Waals surface area contributed by atoms with E-state index >= 15 is 8.78 Å². The molecule has 3 fully saturated rings. The van der Waals surface area contributed by atoms with E-state index in [9.17, 15) is 37.5 Å². The number of benzene rings is 3. The zero-order chi connectivity index (χ0) is 35.3. The molecule has 0 spiro atoms. The Bertz CT molecular complexity index is 2000. The van der Waals surface area contributed by atoms with Crippen molar-refractivity contribution in [3.05, 3.63) is 94.8 Å². The van der Waals surface area contributed by atoms with Crippen molar-refractivity contribution in [3.63, 3.8) is 0 Å². The molecule has 2 aliphatic heterocycles. The van der Waals surface area contributed by atoms with Crippen molar-refractivity contribution < 1.29 is 51.0 Å². The van der Waals surface area contributed by atoms with E-state index < -0.39 is 104 Å². The van der Waals surface area contributed by atoms with Gasteiger partial charge >= 0.3 is 0 Å². The number of amides is 4. The first kappa shape index (κ1) is 33.0. The van der Waals surface area contributed by atoms with Crippen LogP contribution in [-0.2, 0) is 19.2 Å². The normalized spacial score (nSPS) is 29.2. The fourth-order valence-electron chi connectivity index (χ4n) is 7.79. The maximum absolute atomic E-state index is 15.2. The standard InChI is InChI=1S/C34H23Cl2F5N2O6/c1-2-49-19-10-6-9-17(28(19)44)21-15-11-12-16-20(30(46)42(29(16)45)14-7-4-3-5-8-14)18(15)13-33(35)31(47)43(32(48)34(21,33)36)27-25(40)23(38)22(37)24(39)26(27)41/h3-11,16,18,20-21,44H,2,12-13H2,1H3. The van der Waals surface area contributed by atoms with Gasteiger partial charge in [0.15, 0.2) is 44.5 Å². The fraction of sp³-hybridized carbons (Fsp3) is 0.294. The number of phenols is 1. The molecule has 4 aliphatic rings. The third-order valence-corrected chi connectivity index (χ3v) is 11.3. The average molecular weight is 721 g/mol. The number of anilines is 2. The van der Waals surface area contributed by atoms with Gasteiger partial charge < -0.3 is 9.84 Å². The number of nitrogens with zero attached hydrogens (tertiary/aromatic N) is 2. The third-order valence-electron chi connectivity index (χ3n) is 9.88. The summed E-state index contributed by atoms with van der Waals surface area (Å²) in [5.41, 5.74) is -1.55. The Kier molecular flexibility index (Phi) is 7.60. The summed E-state index contributed by atoms with van der Waals surface area (Å²) in [6.45, 7) is 1.71. The predicted octanol–water partition coefficient (Wildman–Crippen LogP) is 6.25. The van der Waals surface area contributed by atoms with Crippen LogP contribution in [0.1, 0.15) is 31.2 Å². The monoisotopic (exact) mass is 720 g/mol. The maximum Gasteiger partial charge on any atom is 0.258 e. The molecule has 254 valence electrons. The van der Waals surface area contributed by atoms with Gasteiger partial charge in [0, 0.05) is 11.5 Å². The number of hydrogen-bond donors (Lipinski definition) is 1. The molecule has 4 amide bonds. The molecule has 8 nitrogen and oxygen atoms in total. The van der Waals surface area contributed by atoms with Gasteiger partial charge in [0.1, 0.15) is 5.69 Å². The second-order valence-electron chi connectivity index (χ2n) is 12.2. The number of allylic oxidation sites excluding steroid dienone is 2. The number of halogens is 7. The second-order valence-corrected chi connectivity index (χ2v) is 13.4. The highest BCUT2D eigenvalue weighted by Crippen LogP contribution is 2.67. The van der Waals surface area contributed by atoms with E-state index in [0.717, 1.165) is 4.90 Å². The van der Waals surface area contributed by atoms with Gasteiger partial charge in [0.2, 0.25) is 17.6 Å². The number of phenolic OH excluding ortho intramolecular Hbond substituents is 1. The topological polar surface area (TPSA) is 104 Å². The Balaban J connectivity index is 1.46. The van der Waals surface area contributed by atoms with Crippen LogP contribution in [0.4, 0.5) is 33.3 Å². The number of para-hydroxylation sites is 2. The lowest BCUT2D eigenvalue weighted by Gasteiger charge is -2.50. The molecule has 2 saturated heterocycles. The van der Waals surface area contributed by atoms with Crippen LogP contribution < -0.4 is 14.5 Å². The Morgan fingerprint density at radius 3 is 2.08 bits per heavy atom. The molecule has 0 aromatic heterocycles. The van der Waals surface area contributed by atoms with Gasteiger partial charge in [0.05, 0.1) is 24.1 Å². The second kappa shape index (κ2) is 11.3. The lowest BCUT2D eigenvalue weighted by atomic mass is 9.56. The summed E-state index contributed by atoms with van der Waals surface area (Å²) < 4.78 is 78.8. The molecule has 7 rings (SSSR count). The molecule has 1 N–H and O–H groups in total. The molecule has 3 aromatic carbocycles. The van der Waals surface area contributed by atoms with E-state index in [2.05, 4.69) is 0 Å². The van der Waals surface area contributed by atoms with E-state index in [-0.39, 0.29) is 40.5 Å². The van der Waals surface area contributed by atoms with Gasteiger partial charge in [-0.25, -0.2) is 26.9 Å². The summed E-state index contributed by atoms with van der Waals surface area (Å²) in [6.07, 6.45) is 0.840. The van der Waals surface area contributed by atoms with E-state index in [1.807, 2.05) is 0 Å². The van der Waals surface area contributed by atoms with Crippen LogP contribution in [0.15, 0.2) is 60.2 Å². The Hall–Kier alpha value is -4.49. The molecular weight excluding hydrogens is 698 g/mol. The fourth-order valence-corrected chi connectivity index (χ4v) is 8.71. The van der Waals surface area contributed by atoms with Crippen LogP contribution in [0, 0.1) is 46.8 Å². The summed E-state index contributed by atoms with van der Waals surface area (Å²) >= 11 is 14.2. The minimum absolute atomic E-state index is 0.0431. The molecule has 6 atom stereocenters. The van der Waals surface area contributed by atoms with Crippen LogP contribution in [0.3, 0.4) is 0 Å². The van der Waals surface area contributed by atoms with Crippen molar-refractivity contribution in [3.8, 4) is 11.5 Å². The van der Waals surface area contributed by atoms with E-state index in [4.69, 9.17) is 27.9 Å². The van der Waals surface area contributed by atoms with Crippen LogP contribution in [0.25, 0.3) is 0 Å². The van der Waals surface area contributed by atoms with Gasteiger partial charge in [-0.2, -0.15) is 0 Å². The SMILES string of the molecule is CCOc1cccc(C2C3=CCC4C(=O)N(c5ccccc5)C(=O)C4C3CC3(Cl)C(=O)N(c4c(F)c(F)c(F)c(F)c4F)C(=O)C23Cl)c1O. The number of fused-ring (bicyclic) bond motifs is 4. The van der Waals surface area contributed by atoms with Crippen molar-refractivity contribution in [2.24, 2.45) is 17.8 Å². The lowest BCUT2D eigenvalue weighted by Crippen LogP contribution is -2.60. The van der Waals surface area contributed by atoms with Gasteiger partial charge in [-0.1, -0.05) is 42.0 Å². The van der Waals surface area contributed by atoms with Crippen molar-refractivity contribution in [2.75, 3.05) is 16.4 Å². The molecule has 2 aliphatic carbocycles. The molecule has 15 heteroatoms. The van der Waals surface area contributed by atoms with Crippen molar-refractivity contribution in [2.45, 2.75) is 35.4 Å². The number of aromatic hydroxyl groups is 1. The minimum atomic E-state index is -2.77. The molecular formula is C34H23Cl2F5N2O6. The zero-order valence-electron chi connectivity index (χ0n) is 25.2. The highest BCUT2D eigenvalue weighted by atomic mass is 35.5. The quantitative estimate of drug-likeness (QED) is 0.0835. The van der Waals surface area contributed by atoms with E-state index in [1.54, 1.807) is 43.3 Å². The molecule has 0 bridgehead atoms. The molecule has 1 saturated carbocycles. The predicted molar refractivity (Wildman–Crippen MR) is 165 cm³/mol. The van der Waals surface area contributed by atoms with Gasteiger partial charge in [-0.15, -0.1) is 23.2 Å². The first-order valence-electron chi connectivity index (χ1n) is 15.1. The van der Waals surface area contributed by atoms with Crippen LogP contribution in [-0.4, -0.2) is 45.1 Å². The molecule has 6 unspecified atom stereocenters. The van der Waals surface area contributed by atoms with Crippen LogP contribution in [0.2, 0.25) is 0 Å². The number of alkyl halides is 2. The van der Waals surface area contributed by atoms with Gasteiger partial charge in [-0.3, -0.25) is 24.1 Å². The Labute approximate surface area is 284 Å². The highest BCUT2D eigenvalue weighted by Gasteiger charge is 2.77. The summed E-state index contributed by atoms with van der Waals surface area (Å²) in [5, 5.41) is 11.4. The number of carbonyl (C=O) groups is 4. The summed E-state index contributed by atoms with van der Waals surface area (Å²) in [6, 6.07) is 12.2. The van der Waals surface area contributed by atoms with Crippen molar-refractivity contribution >= 4 is 58.2 Å². The largest absolute Gasteiger partial charge is 0.504 e. The van der Waals surface area contributed by atoms with Crippen LogP contribution in [0.5, 0.6) is 11.5 Å². The lowest BCUT2D eigenvalue weighted by molar-refractivity contribution is -0.125. The first-order valence-corrected chi connectivity index (χ1v) is 15.8. The highest BCUT2D eigenvalue weighted by molar-refractivity contribution is 6.58. The Morgan fingerprint density at radius 2 is 1.45 bits per heavy atom. The third kappa shape index (κ3) is 4.21. The van der Waals surface area contributed by atoms with Crippen LogP contribution >= 0.6 is 23.2 Å². The summed E-state index contributed by atoms with van der Waals surface area (Å²) in [4.78, 5) is 51.7. The minimum Gasteiger partial charge on any atom is -0.504 e. The average Bonchev–Trinajstić information content (AvgIpc) is 3.43. The van der Waals surface area contributed by atoms with E-state index in [0.29, 0.717) is 0 Å². The number of hydrogen-bond acceptors (Lipinski definition) is 6. The van der Waals surface area contributed by atoms with Crippen molar-refractivity contribution in [1.82, 2.24) is 0 Å². The Morgan fingerprint density at radius 1 is 0.816 bits per heavy atom.